The maximum absolute atomic E-state index is 13.0. The number of amides is 2. The maximum Gasteiger partial charge on any atom is 0.271 e. The van der Waals surface area contributed by atoms with Crippen LogP contribution in [0.2, 0.25) is 0 Å². The molecule has 0 saturated heterocycles. The quantitative estimate of drug-likeness (QED) is 0.539. The molecule has 31 heavy (non-hydrogen) atoms. The first kappa shape index (κ1) is 22.7. The van der Waals surface area contributed by atoms with Crippen LogP contribution in [0.1, 0.15) is 53.8 Å². The van der Waals surface area contributed by atoms with Gasteiger partial charge in [0, 0.05) is 24.9 Å². The third-order valence-corrected chi connectivity index (χ3v) is 5.49. The minimum absolute atomic E-state index is 0.0848. The Kier molecular flexibility index (Phi) is 7.58. The van der Waals surface area contributed by atoms with Crippen LogP contribution in [0, 0.1) is 5.41 Å². The van der Waals surface area contributed by atoms with Gasteiger partial charge in [-0.2, -0.15) is 0 Å². The van der Waals surface area contributed by atoms with Crippen molar-refractivity contribution in [3.05, 3.63) is 87.9 Å². The molecular weight excluding hydrogens is 406 g/mol. The first-order chi connectivity index (χ1) is 14.8. The molecule has 5 nitrogen and oxygen atoms in total. The zero-order chi connectivity index (χ0) is 22.3. The largest absolute Gasteiger partial charge is 0.347 e. The van der Waals surface area contributed by atoms with E-state index in [1.807, 2.05) is 65.6 Å². The fourth-order valence-electron chi connectivity index (χ4n) is 3.12. The van der Waals surface area contributed by atoms with Gasteiger partial charge in [0.15, 0.2) is 0 Å². The molecular formula is C25H29N3O2S. The molecule has 3 aromatic rings. The SMILES string of the molecule is CC(C)(C)CC(=O)N(Cc1ccccc1)Cc1nc(C(=O)NCc2ccccc2)cs1. The summed E-state index contributed by atoms with van der Waals surface area (Å²) in [5.41, 5.74) is 2.39. The van der Waals surface area contributed by atoms with Gasteiger partial charge in [-0.25, -0.2) is 4.98 Å². The summed E-state index contributed by atoms with van der Waals surface area (Å²) in [7, 11) is 0. The Bertz CT molecular complexity index is 994. The molecule has 0 fully saturated rings. The maximum atomic E-state index is 13.0. The molecule has 1 heterocycles. The molecule has 0 radical (unpaired) electrons. The predicted octanol–water partition coefficient (Wildman–Crippen LogP) is 5.04. The van der Waals surface area contributed by atoms with Gasteiger partial charge in [-0.1, -0.05) is 81.4 Å². The molecule has 1 aromatic heterocycles. The minimum Gasteiger partial charge on any atom is -0.347 e. The Morgan fingerprint density at radius 3 is 2.16 bits per heavy atom. The van der Waals surface area contributed by atoms with Crippen LogP contribution in [0.4, 0.5) is 0 Å². The van der Waals surface area contributed by atoms with Crippen LogP contribution in [-0.4, -0.2) is 21.7 Å². The summed E-state index contributed by atoms with van der Waals surface area (Å²) in [6.45, 7) is 7.54. The standard InChI is InChI=1S/C25H29N3O2S/c1-25(2,3)14-23(29)28(16-20-12-8-5-9-13-20)17-22-27-21(18-31-22)24(30)26-15-19-10-6-4-7-11-19/h4-13,18H,14-17H2,1-3H3,(H,26,30). The second-order valence-corrected chi connectivity index (χ2v) is 9.71. The molecule has 0 unspecified atom stereocenters. The van der Waals surface area contributed by atoms with Crippen LogP contribution in [0.3, 0.4) is 0 Å². The molecule has 6 heteroatoms. The van der Waals surface area contributed by atoms with Crippen molar-refractivity contribution in [2.75, 3.05) is 0 Å². The summed E-state index contributed by atoms with van der Waals surface area (Å²) in [6.07, 6.45) is 0.454. The lowest BCUT2D eigenvalue weighted by atomic mass is 9.91. The second kappa shape index (κ2) is 10.4. The van der Waals surface area contributed by atoms with Crippen molar-refractivity contribution in [2.45, 2.75) is 46.8 Å². The van der Waals surface area contributed by atoms with Gasteiger partial charge in [-0.05, 0) is 16.5 Å². The van der Waals surface area contributed by atoms with E-state index in [4.69, 9.17) is 0 Å². The van der Waals surface area contributed by atoms with E-state index >= 15 is 0 Å². The van der Waals surface area contributed by atoms with E-state index < -0.39 is 0 Å². The summed E-state index contributed by atoms with van der Waals surface area (Å²) >= 11 is 1.41. The van der Waals surface area contributed by atoms with E-state index in [1.54, 1.807) is 5.38 Å². The Labute approximate surface area is 188 Å². The van der Waals surface area contributed by atoms with Crippen LogP contribution in [0.5, 0.6) is 0 Å². The number of nitrogens with zero attached hydrogens (tertiary/aromatic N) is 2. The Morgan fingerprint density at radius 2 is 1.55 bits per heavy atom. The van der Waals surface area contributed by atoms with Crippen LogP contribution in [0.15, 0.2) is 66.0 Å². The average Bonchev–Trinajstić information content (AvgIpc) is 3.20. The molecule has 0 spiro atoms. The third-order valence-electron chi connectivity index (χ3n) is 4.66. The van der Waals surface area contributed by atoms with E-state index in [-0.39, 0.29) is 17.2 Å². The third kappa shape index (κ3) is 7.33. The van der Waals surface area contributed by atoms with Crippen molar-refractivity contribution in [3.8, 4) is 0 Å². The zero-order valence-electron chi connectivity index (χ0n) is 18.3. The summed E-state index contributed by atoms with van der Waals surface area (Å²) in [4.78, 5) is 31.8. The number of aromatic nitrogens is 1. The van der Waals surface area contributed by atoms with Crippen molar-refractivity contribution in [3.63, 3.8) is 0 Å². The van der Waals surface area contributed by atoms with Crippen molar-refractivity contribution < 1.29 is 9.59 Å². The van der Waals surface area contributed by atoms with Crippen LogP contribution >= 0.6 is 11.3 Å². The lowest BCUT2D eigenvalue weighted by Gasteiger charge is -2.26. The van der Waals surface area contributed by atoms with Gasteiger partial charge in [0.25, 0.3) is 5.91 Å². The molecule has 0 saturated carbocycles. The van der Waals surface area contributed by atoms with E-state index in [2.05, 4.69) is 31.1 Å². The van der Waals surface area contributed by atoms with E-state index in [9.17, 15) is 9.59 Å². The monoisotopic (exact) mass is 435 g/mol. The number of rotatable bonds is 8. The molecule has 0 aliphatic rings. The molecule has 2 aromatic carbocycles. The van der Waals surface area contributed by atoms with Crippen molar-refractivity contribution in [2.24, 2.45) is 5.41 Å². The van der Waals surface area contributed by atoms with E-state index in [0.717, 1.165) is 16.1 Å². The minimum atomic E-state index is -0.206. The Balaban J connectivity index is 1.67. The highest BCUT2D eigenvalue weighted by molar-refractivity contribution is 7.09. The second-order valence-electron chi connectivity index (χ2n) is 8.77. The van der Waals surface area contributed by atoms with Gasteiger partial charge < -0.3 is 10.2 Å². The molecule has 3 rings (SSSR count). The van der Waals surface area contributed by atoms with Crippen LogP contribution in [-0.2, 0) is 24.4 Å². The van der Waals surface area contributed by atoms with Crippen molar-refractivity contribution in [1.82, 2.24) is 15.2 Å². The van der Waals surface area contributed by atoms with Gasteiger partial charge >= 0.3 is 0 Å². The normalized spacial score (nSPS) is 11.2. The lowest BCUT2D eigenvalue weighted by Crippen LogP contribution is -2.32. The van der Waals surface area contributed by atoms with E-state index in [1.165, 1.54) is 11.3 Å². The number of carbonyl (C=O) groups excluding carboxylic acids is 2. The van der Waals surface area contributed by atoms with Crippen LogP contribution in [0.25, 0.3) is 0 Å². The molecule has 162 valence electrons. The smallest absolute Gasteiger partial charge is 0.271 e. The van der Waals surface area contributed by atoms with Gasteiger partial charge in [0.1, 0.15) is 10.7 Å². The number of carbonyl (C=O) groups is 2. The van der Waals surface area contributed by atoms with Gasteiger partial charge in [0.05, 0.1) is 6.54 Å². The average molecular weight is 436 g/mol. The van der Waals surface area contributed by atoms with Crippen molar-refractivity contribution >= 4 is 23.2 Å². The topological polar surface area (TPSA) is 62.3 Å². The van der Waals surface area contributed by atoms with Crippen LogP contribution < -0.4 is 5.32 Å². The summed E-state index contributed by atoms with van der Waals surface area (Å²) in [5, 5.41) is 5.41. The molecule has 1 N–H and O–H groups in total. The number of hydrogen-bond acceptors (Lipinski definition) is 4. The van der Waals surface area contributed by atoms with Gasteiger partial charge in [0.2, 0.25) is 5.91 Å². The summed E-state index contributed by atoms with van der Waals surface area (Å²) in [6, 6.07) is 19.7. The highest BCUT2D eigenvalue weighted by Gasteiger charge is 2.23. The Morgan fingerprint density at radius 1 is 0.935 bits per heavy atom. The molecule has 0 aliphatic carbocycles. The zero-order valence-corrected chi connectivity index (χ0v) is 19.1. The van der Waals surface area contributed by atoms with E-state index in [0.29, 0.717) is 31.7 Å². The van der Waals surface area contributed by atoms with Gasteiger partial charge in [-0.15, -0.1) is 11.3 Å². The molecule has 0 bridgehead atoms. The molecule has 0 aliphatic heterocycles. The van der Waals surface area contributed by atoms with Crippen molar-refractivity contribution in [1.29, 1.82) is 0 Å². The fraction of sp³-hybridized carbons (Fsp3) is 0.320. The highest BCUT2D eigenvalue weighted by Crippen LogP contribution is 2.22. The Hall–Kier alpha value is -2.99. The lowest BCUT2D eigenvalue weighted by molar-refractivity contribution is -0.134. The number of thiazole rings is 1. The fourth-order valence-corrected chi connectivity index (χ4v) is 3.91. The van der Waals surface area contributed by atoms with Gasteiger partial charge in [-0.3, -0.25) is 9.59 Å². The first-order valence-electron chi connectivity index (χ1n) is 10.4. The summed E-state index contributed by atoms with van der Waals surface area (Å²) < 4.78 is 0. The highest BCUT2D eigenvalue weighted by atomic mass is 32.1. The predicted molar refractivity (Wildman–Crippen MR) is 124 cm³/mol. The number of nitrogens with one attached hydrogen (secondary N) is 1. The molecule has 2 amide bonds. The summed E-state index contributed by atoms with van der Waals surface area (Å²) in [5.74, 6) is -0.122. The number of benzene rings is 2. The molecule has 0 atom stereocenters. The first-order valence-corrected chi connectivity index (χ1v) is 11.3. The number of hydrogen-bond donors (Lipinski definition) is 1.